The van der Waals surface area contributed by atoms with Crippen molar-refractivity contribution in [2.24, 2.45) is 7.05 Å². The first-order valence-electron chi connectivity index (χ1n) is 9.77. The molecule has 0 saturated carbocycles. The van der Waals surface area contributed by atoms with E-state index in [1.807, 2.05) is 30.3 Å². The third-order valence-corrected chi connectivity index (χ3v) is 5.09. The second kappa shape index (κ2) is 8.46. The fraction of sp³-hybridized carbons (Fsp3) is 0.174. The van der Waals surface area contributed by atoms with Crippen LogP contribution in [0.2, 0.25) is 0 Å². The highest BCUT2D eigenvalue weighted by atomic mass is 16.6. The molecule has 0 saturated heterocycles. The van der Waals surface area contributed by atoms with Gasteiger partial charge in [-0.15, -0.1) is 0 Å². The molecule has 9 heteroatoms. The van der Waals surface area contributed by atoms with Crippen LogP contribution in [0.3, 0.4) is 0 Å². The zero-order chi connectivity index (χ0) is 22.8. The summed E-state index contributed by atoms with van der Waals surface area (Å²) in [5.41, 5.74) is 3.27. The molecule has 0 amide bonds. The third-order valence-electron chi connectivity index (χ3n) is 5.09. The molecule has 0 aliphatic carbocycles. The highest BCUT2D eigenvalue weighted by Crippen LogP contribution is 2.29. The predicted molar refractivity (Wildman–Crippen MR) is 117 cm³/mol. The Morgan fingerprint density at radius 2 is 1.91 bits per heavy atom. The summed E-state index contributed by atoms with van der Waals surface area (Å²) in [6, 6.07) is 15.3. The van der Waals surface area contributed by atoms with Crippen molar-refractivity contribution >= 4 is 22.7 Å². The van der Waals surface area contributed by atoms with Crippen molar-refractivity contribution in [3.63, 3.8) is 0 Å². The molecule has 0 atom stereocenters. The van der Waals surface area contributed by atoms with E-state index in [1.54, 1.807) is 24.7 Å². The van der Waals surface area contributed by atoms with E-state index in [1.165, 1.54) is 25.3 Å². The standard InChI is InChI=1S/C23H20N4O5/c1-14-21-18(12-19(15-7-5-4-6-8-15)24-22(21)26(2)25-14)23(28)32-13-16-11-17(27(29)30)9-10-20(16)31-3/h4-12H,13H2,1-3H3. The molecular formula is C23H20N4O5. The number of esters is 1. The first-order chi connectivity index (χ1) is 15.4. The fourth-order valence-electron chi connectivity index (χ4n) is 3.58. The normalized spacial score (nSPS) is 10.8. The van der Waals surface area contributed by atoms with Crippen LogP contribution in [0.25, 0.3) is 22.3 Å². The van der Waals surface area contributed by atoms with Crippen molar-refractivity contribution in [2.75, 3.05) is 7.11 Å². The summed E-state index contributed by atoms with van der Waals surface area (Å²) < 4.78 is 12.4. The number of fused-ring (bicyclic) bond motifs is 1. The van der Waals surface area contributed by atoms with Gasteiger partial charge in [0.25, 0.3) is 5.69 Å². The van der Waals surface area contributed by atoms with Crippen LogP contribution in [0.5, 0.6) is 5.75 Å². The van der Waals surface area contributed by atoms with Gasteiger partial charge in [0.2, 0.25) is 0 Å². The molecule has 0 spiro atoms. The number of pyridine rings is 1. The number of nitrogens with zero attached hydrogens (tertiary/aromatic N) is 4. The van der Waals surface area contributed by atoms with Gasteiger partial charge in [-0.3, -0.25) is 14.8 Å². The summed E-state index contributed by atoms with van der Waals surface area (Å²) in [4.78, 5) is 28.4. The first kappa shape index (κ1) is 21.0. The number of benzene rings is 2. The number of nitro benzene ring substituents is 1. The molecule has 0 aliphatic rings. The molecule has 0 radical (unpaired) electrons. The second-order valence-corrected chi connectivity index (χ2v) is 7.16. The van der Waals surface area contributed by atoms with Crippen LogP contribution in [0.4, 0.5) is 5.69 Å². The molecule has 162 valence electrons. The second-order valence-electron chi connectivity index (χ2n) is 7.16. The van der Waals surface area contributed by atoms with Gasteiger partial charge in [0.1, 0.15) is 12.4 Å². The van der Waals surface area contributed by atoms with E-state index in [2.05, 4.69) is 10.1 Å². The molecule has 4 rings (SSSR count). The number of aromatic nitrogens is 3. The summed E-state index contributed by atoms with van der Waals surface area (Å²) in [6.07, 6.45) is 0. The summed E-state index contributed by atoms with van der Waals surface area (Å²) in [6.45, 7) is 1.61. The Morgan fingerprint density at radius 3 is 2.59 bits per heavy atom. The SMILES string of the molecule is COc1ccc([N+](=O)[O-])cc1COC(=O)c1cc(-c2ccccc2)nc2c1c(C)nn2C. The number of carbonyl (C=O) groups is 1. The van der Waals surface area contributed by atoms with E-state index in [4.69, 9.17) is 9.47 Å². The van der Waals surface area contributed by atoms with Crippen molar-refractivity contribution in [3.8, 4) is 17.0 Å². The Morgan fingerprint density at radius 1 is 1.16 bits per heavy atom. The Balaban J connectivity index is 1.73. The van der Waals surface area contributed by atoms with Gasteiger partial charge >= 0.3 is 5.97 Å². The number of ether oxygens (including phenoxy) is 2. The molecule has 4 aromatic rings. The largest absolute Gasteiger partial charge is 0.496 e. The molecule has 0 bridgehead atoms. The molecule has 9 nitrogen and oxygen atoms in total. The Bertz CT molecular complexity index is 1330. The van der Waals surface area contributed by atoms with Crippen molar-refractivity contribution in [1.29, 1.82) is 0 Å². The lowest BCUT2D eigenvalue weighted by atomic mass is 10.1. The van der Waals surface area contributed by atoms with Crippen molar-refractivity contribution in [1.82, 2.24) is 14.8 Å². The minimum absolute atomic E-state index is 0.113. The van der Waals surface area contributed by atoms with Gasteiger partial charge in [0, 0.05) is 30.3 Å². The van der Waals surface area contributed by atoms with Crippen molar-refractivity contribution in [3.05, 3.63) is 81.5 Å². The Labute approximate surface area is 183 Å². The quantitative estimate of drug-likeness (QED) is 0.255. The minimum atomic E-state index is -0.584. The van der Waals surface area contributed by atoms with Crippen LogP contribution in [-0.4, -0.2) is 32.8 Å². The lowest BCUT2D eigenvalue weighted by molar-refractivity contribution is -0.385. The van der Waals surface area contributed by atoms with Gasteiger partial charge in [0.05, 0.1) is 34.4 Å². The number of hydrogen-bond donors (Lipinski definition) is 0. The van der Waals surface area contributed by atoms with Crippen LogP contribution in [0.15, 0.2) is 54.6 Å². The summed E-state index contributed by atoms with van der Waals surface area (Å²) in [7, 11) is 3.21. The van der Waals surface area contributed by atoms with E-state index >= 15 is 0 Å². The third kappa shape index (κ3) is 3.87. The molecule has 32 heavy (non-hydrogen) atoms. The highest BCUT2D eigenvalue weighted by molar-refractivity contribution is 6.05. The molecule has 2 aromatic carbocycles. The number of carbonyl (C=O) groups excluding carboxylic acids is 1. The number of nitro groups is 1. The van der Waals surface area contributed by atoms with Gasteiger partial charge < -0.3 is 9.47 Å². The molecule has 2 aromatic heterocycles. The predicted octanol–water partition coefficient (Wildman–Crippen LogP) is 4.22. The number of methoxy groups -OCH3 is 1. The minimum Gasteiger partial charge on any atom is -0.496 e. The maximum Gasteiger partial charge on any atom is 0.339 e. The smallest absolute Gasteiger partial charge is 0.339 e. The van der Waals surface area contributed by atoms with Gasteiger partial charge in [-0.25, -0.2) is 9.78 Å². The zero-order valence-electron chi connectivity index (χ0n) is 17.7. The van der Waals surface area contributed by atoms with Crippen LogP contribution in [0, 0.1) is 17.0 Å². The Kier molecular flexibility index (Phi) is 5.55. The molecular weight excluding hydrogens is 412 g/mol. The van der Waals surface area contributed by atoms with E-state index in [9.17, 15) is 14.9 Å². The molecule has 0 fully saturated rings. The van der Waals surface area contributed by atoms with Gasteiger partial charge in [-0.05, 0) is 19.1 Å². The zero-order valence-corrected chi connectivity index (χ0v) is 17.7. The lowest BCUT2D eigenvalue weighted by Gasteiger charge is -2.11. The topological polar surface area (TPSA) is 109 Å². The van der Waals surface area contributed by atoms with E-state index in [-0.39, 0.29) is 12.3 Å². The van der Waals surface area contributed by atoms with Crippen LogP contribution >= 0.6 is 0 Å². The van der Waals surface area contributed by atoms with E-state index in [0.29, 0.717) is 39.3 Å². The maximum atomic E-state index is 13.1. The van der Waals surface area contributed by atoms with E-state index in [0.717, 1.165) is 5.56 Å². The van der Waals surface area contributed by atoms with Crippen LogP contribution in [-0.2, 0) is 18.4 Å². The number of rotatable bonds is 6. The monoisotopic (exact) mass is 432 g/mol. The molecule has 0 N–H and O–H groups in total. The number of hydrogen-bond acceptors (Lipinski definition) is 7. The van der Waals surface area contributed by atoms with Gasteiger partial charge in [0.15, 0.2) is 5.65 Å². The van der Waals surface area contributed by atoms with Crippen LogP contribution in [0.1, 0.15) is 21.6 Å². The Hall–Kier alpha value is -4.27. The summed E-state index contributed by atoms with van der Waals surface area (Å²) in [5.74, 6) is -0.190. The van der Waals surface area contributed by atoms with Crippen LogP contribution < -0.4 is 4.74 Å². The fourth-order valence-corrected chi connectivity index (χ4v) is 3.58. The molecule has 2 heterocycles. The van der Waals surface area contributed by atoms with E-state index < -0.39 is 10.9 Å². The number of non-ortho nitro benzene ring substituents is 1. The maximum absolute atomic E-state index is 13.1. The average Bonchev–Trinajstić information content (AvgIpc) is 3.10. The van der Waals surface area contributed by atoms with Crippen molar-refractivity contribution in [2.45, 2.75) is 13.5 Å². The summed E-state index contributed by atoms with van der Waals surface area (Å²) >= 11 is 0. The highest BCUT2D eigenvalue weighted by Gasteiger charge is 2.21. The summed E-state index contributed by atoms with van der Waals surface area (Å²) in [5, 5.41) is 16.1. The molecule has 0 aliphatic heterocycles. The van der Waals surface area contributed by atoms with Crippen molar-refractivity contribution < 1.29 is 19.2 Å². The van der Waals surface area contributed by atoms with Gasteiger partial charge in [-0.2, -0.15) is 5.10 Å². The van der Waals surface area contributed by atoms with Gasteiger partial charge in [-0.1, -0.05) is 30.3 Å². The number of aryl methyl sites for hydroxylation is 2. The first-order valence-corrected chi connectivity index (χ1v) is 9.77. The lowest BCUT2D eigenvalue weighted by Crippen LogP contribution is -2.08. The molecule has 0 unspecified atom stereocenters. The average molecular weight is 432 g/mol.